The van der Waals surface area contributed by atoms with Crippen LogP contribution in [0.1, 0.15) is 265 Å². The molecule has 12 heteroatoms. The molecular weight excluding hydrogens is 973 g/mol. The van der Waals surface area contributed by atoms with Crippen LogP contribution in [0.5, 0.6) is 0 Å². The molecular formula is C65H110O12. The molecule has 1 rings (SSSR count). The Hall–Kier alpha value is -3.84. The average Bonchev–Trinajstić information content (AvgIpc) is 3.42. The Balaban J connectivity index is 2.68. The van der Waals surface area contributed by atoms with Crippen molar-refractivity contribution in [1.29, 1.82) is 0 Å². The minimum Gasteiger partial charge on any atom is -0.479 e. The number of aliphatic hydroxyl groups excluding tert-OH is 2. The van der Waals surface area contributed by atoms with Crippen molar-refractivity contribution >= 4 is 23.9 Å². The van der Waals surface area contributed by atoms with E-state index in [-0.39, 0.29) is 25.9 Å². The predicted octanol–water partition coefficient (Wildman–Crippen LogP) is 16.1. The second kappa shape index (κ2) is 52.8. The summed E-state index contributed by atoms with van der Waals surface area (Å²) in [6.07, 6.45) is 54.4. The van der Waals surface area contributed by atoms with Crippen molar-refractivity contribution in [1.82, 2.24) is 0 Å². The number of carboxylic acids is 1. The number of esters is 3. The molecule has 0 aliphatic carbocycles. The first-order chi connectivity index (χ1) is 37.6. The van der Waals surface area contributed by atoms with Crippen LogP contribution in [0.3, 0.4) is 0 Å². The van der Waals surface area contributed by atoms with Gasteiger partial charge in [-0.05, 0) is 89.9 Å². The molecule has 0 aromatic heterocycles. The number of carbonyl (C=O) groups excluding carboxylic acids is 3. The van der Waals surface area contributed by atoms with Gasteiger partial charge in [-0.25, -0.2) is 4.79 Å². The number of allylic oxidation sites excluding steroid dienone is 12. The smallest absolute Gasteiger partial charge is 0.335 e. The third-order valence-corrected chi connectivity index (χ3v) is 13.8. The monoisotopic (exact) mass is 1080 g/mol. The zero-order chi connectivity index (χ0) is 56.1. The van der Waals surface area contributed by atoms with Crippen LogP contribution in [0.25, 0.3) is 0 Å². The van der Waals surface area contributed by atoms with Gasteiger partial charge in [0.05, 0.1) is 6.61 Å². The lowest BCUT2D eigenvalue weighted by molar-refractivity contribution is -0.301. The lowest BCUT2D eigenvalue weighted by atomic mass is 9.98. The summed E-state index contributed by atoms with van der Waals surface area (Å²) < 4.78 is 28.4. The molecule has 442 valence electrons. The molecule has 0 bridgehead atoms. The standard InChI is InChI=1S/C65H110O12/c1-4-7-10-13-16-19-22-24-26-28-29-31-32-34-37-39-42-45-48-51-57(66)73-54-56(75-58(67)52-49-46-43-41-38-35-33-30-27-25-23-20-17-14-11-8-5-2)55-74-65-63(61(70)60(69)62(77-65)64(71)72)76-59(68)53-50-47-44-40-36-21-18-15-12-9-6-3/h7,10,16-17,19-20,24-27,29,31,56,60-63,65,69-70H,4-6,8-9,11-15,18,21-23,28,30,32-55H2,1-3H3,(H,71,72)/b10-7-,19-16-,20-17-,26-24-,27-25-,31-29-. The quantitative estimate of drug-likeness (QED) is 0.0228. The number of unbranched alkanes of at least 4 members (excludes halogenated alkanes) is 26. The second-order valence-electron chi connectivity index (χ2n) is 21.0. The lowest BCUT2D eigenvalue weighted by Gasteiger charge is -2.40. The largest absolute Gasteiger partial charge is 0.479 e. The molecule has 0 spiro atoms. The van der Waals surface area contributed by atoms with Crippen LogP contribution in [-0.2, 0) is 42.9 Å². The van der Waals surface area contributed by atoms with E-state index in [1.807, 2.05) is 0 Å². The maximum Gasteiger partial charge on any atom is 0.335 e. The zero-order valence-electron chi connectivity index (χ0n) is 48.7. The van der Waals surface area contributed by atoms with Gasteiger partial charge in [0.1, 0.15) is 18.8 Å². The van der Waals surface area contributed by atoms with E-state index in [0.717, 1.165) is 135 Å². The molecule has 0 saturated carbocycles. The number of carbonyl (C=O) groups is 4. The number of hydrogen-bond acceptors (Lipinski definition) is 11. The summed E-state index contributed by atoms with van der Waals surface area (Å²) in [6, 6.07) is 0. The zero-order valence-corrected chi connectivity index (χ0v) is 48.7. The van der Waals surface area contributed by atoms with Gasteiger partial charge in [0, 0.05) is 19.3 Å². The molecule has 0 aromatic rings. The van der Waals surface area contributed by atoms with Crippen LogP contribution >= 0.6 is 0 Å². The number of rotatable bonds is 52. The minimum atomic E-state index is -1.91. The van der Waals surface area contributed by atoms with Gasteiger partial charge in [-0.3, -0.25) is 14.4 Å². The maximum atomic E-state index is 13.2. The number of hydrogen-bond donors (Lipinski definition) is 3. The maximum absolute atomic E-state index is 13.2. The first-order valence-electron chi connectivity index (χ1n) is 30.9. The summed E-state index contributed by atoms with van der Waals surface area (Å²) in [7, 11) is 0. The Labute approximate surface area is 468 Å². The third-order valence-electron chi connectivity index (χ3n) is 13.8. The summed E-state index contributed by atoms with van der Waals surface area (Å²) in [5, 5.41) is 31.5. The van der Waals surface area contributed by atoms with Crippen LogP contribution in [0.4, 0.5) is 0 Å². The lowest BCUT2D eigenvalue weighted by Crippen LogP contribution is -2.61. The first kappa shape index (κ1) is 71.2. The summed E-state index contributed by atoms with van der Waals surface area (Å²) in [5.74, 6) is -3.14. The topological polar surface area (TPSA) is 175 Å². The summed E-state index contributed by atoms with van der Waals surface area (Å²) in [4.78, 5) is 51.2. The summed E-state index contributed by atoms with van der Waals surface area (Å²) in [5.41, 5.74) is 0. The molecule has 77 heavy (non-hydrogen) atoms. The number of carboxylic acid groups (broad SMARTS) is 1. The fourth-order valence-electron chi connectivity index (χ4n) is 9.04. The van der Waals surface area contributed by atoms with E-state index in [4.69, 9.17) is 23.7 Å². The van der Waals surface area contributed by atoms with Crippen molar-refractivity contribution < 1.29 is 58.2 Å². The minimum absolute atomic E-state index is 0.0590. The molecule has 6 atom stereocenters. The van der Waals surface area contributed by atoms with Crippen molar-refractivity contribution in [3.8, 4) is 0 Å². The molecule has 1 fully saturated rings. The van der Waals surface area contributed by atoms with Crippen LogP contribution in [-0.4, -0.2) is 89.2 Å². The molecule has 0 amide bonds. The highest BCUT2D eigenvalue weighted by Gasteiger charge is 2.50. The van der Waals surface area contributed by atoms with E-state index in [9.17, 15) is 34.5 Å². The molecule has 12 nitrogen and oxygen atoms in total. The van der Waals surface area contributed by atoms with E-state index < -0.39 is 67.3 Å². The molecule has 1 aliphatic rings. The molecule has 1 aliphatic heterocycles. The van der Waals surface area contributed by atoms with Gasteiger partial charge in [0.25, 0.3) is 0 Å². The van der Waals surface area contributed by atoms with Gasteiger partial charge in [0.15, 0.2) is 24.6 Å². The van der Waals surface area contributed by atoms with Gasteiger partial charge >= 0.3 is 23.9 Å². The Morgan fingerprint density at radius 1 is 0.442 bits per heavy atom. The Morgan fingerprint density at radius 3 is 1.27 bits per heavy atom. The fraction of sp³-hybridized carbons (Fsp3) is 0.754. The molecule has 1 heterocycles. The molecule has 0 radical (unpaired) electrons. The highest BCUT2D eigenvalue weighted by atomic mass is 16.7. The Morgan fingerprint density at radius 2 is 0.818 bits per heavy atom. The van der Waals surface area contributed by atoms with E-state index >= 15 is 0 Å². The van der Waals surface area contributed by atoms with Crippen molar-refractivity contribution in [3.63, 3.8) is 0 Å². The summed E-state index contributed by atoms with van der Waals surface area (Å²) >= 11 is 0. The SMILES string of the molecule is CC/C=C\C/C=C\C/C=C\C/C=C\CCCCCCCCC(=O)OCC(COC1OC(C(=O)O)C(O)C(O)C1OC(=O)CCCCCCCCCCCCC)OC(=O)CCCCCCCCC/C=C\C/C=C\CCCCC. The Bertz CT molecular complexity index is 1620. The molecule has 0 aromatic carbocycles. The van der Waals surface area contributed by atoms with E-state index in [1.54, 1.807) is 0 Å². The summed E-state index contributed by atoms with van der Waals surface area (Å²) in [6.45, 7) is 5.84. The normalized spacial score (nSPS) is 18.5. The van der Waals surface area contributed by atoms with Gasteiger partial charge in [-0.1, -0.05) is 229 Å². The van der Waals surface area contributed by atoms with Gasteiger partial charge in [-0.2, -0.15) is 0 Å². The van der Waals surface area contributed by atoms with Crippen LogP contribution in [0.2, 0.25) is 0 Å². The van der Waals surface area contributed by atoms with Gasteiger partial charge in [0.2, 0.25) is 0 Å². The van der Waals surface area contributed by atoms with Crippen molar-refractivity contribution in [2.45, 2.75) is 302 Å². The van der Waals surface area contributed by atoms with Crippen molar-refractivity contribution in [3.05, 3.63) is 72.9 Å². The van der Waals surface area contributed by atoms with Gasteiger partial charge in [-0.15, -0.1) is 0 Å². The van der Waals surface area contributed by atoms with Crippen molar-refractivity contribution in [2.24, 2.45) is 0 Å². The third kappa shape index (κ3) is 42.7. The molecule has 6 unspecified atom stereocenters. The number of aliphatic hydroxyl groups is 2. The van der Waals surface area contributed by atoms with Crippen LogP contribution in [0.15, 0.2) is 72.9 Å². The second-order valence-corrected chi connectivity index (χ2v) is 21.0. The highest BCUT2D eigenvalue weighted by molar-refractivity contribution is 5.74. The predicted molar refractivity (Wildman–Crippen MR) is 312 cm³/mol. The molecule has 1 saturated heterocycles. The van der Waals surface area contributed by atoms with E-state index in [2.05, 4.69) is 93.7 Å². The van der Waals surface area contributed by atoms with Crippen molar-refractivity contribution in [2.75, 3.05) is 13.2 Å². The molecule has 3 N–H and O–H groups in total. The van der Waals surface area contributed by atoms with Gasteiger partial charge < -0.3 is 39.0 Å². The van der Waals surface area contributed by atoms with Crippen LogP contribution < -0.4 is 0 Å². The highest BCUT2D eigenvalue weighted by Crippen LogP contribution is 2.26. The number of aliphatic carboxylic acids is 1. The van der Waals surface area contributed by atoms with Crippen LogP contribution in [0, 0.1) is 0 Å². The Kier molecular flexibility index (Phi) is 48.8. The average molecular weight is 1080 g/mol. The first-order valence-corrected chi connectivity index (χ1v) is 30.9. The van der Waals surface area contributed by atoms with E-state index in [1.165, 1.54) is 70.6 Å². The number of ether oxygens (including phenoxy) is 5. The van der Waals surface area contributed by atoms with E-state index in [0.29, 0.717) is 19.3 Å². The fourth-order valence-corrected chi connectivity index (χ4v) is 9.04.